The number of carbonyl (C=O) groups is 1. The van der Waals surface area contributed by atoms with Gasteiger partial charge in [-0.05, 0) is 12.1 Å². The molecule has 0 aliphatic carbocycles. The molecular weight excluding hydrogens is 250 g/mol. The van der Waals surface area contributed by atoms with Crippen molar-refractivity contribution in [2.75, 3.05) is 23.3 Å². The molecule has 2 aromatic carbocycles. The predicted octanol–water partition coefficient (Wildman–Crippen LogP) is 2.09. The largest absolute Gasteiger partial charge is 0.362 e. The zero-order valence-corrected chi connectivity index (χ0v) is 11.1. The molecule has 0 fully saturated rings. The highest BCUT2D eigenvalue weighted by atomic mass is 16.1. The summed E-state index contributed by atoms with van der Waals surface area (Å²) in [5.41, 5.74) is 8.60. The van der Waals surface area contributed by atoms with Crippen molar-refractivity contribution in [3.8, 4) is 0 Å². The van der Waals surface area contributed by atoms with Crippen LogP contribution in [0.25, 0.3) is 0 Å². The minimum absolute atomic E-state index is 0.0277. The smallest absolute Gasteiger partial charge is 0.182 e. The number of hydrogen-bond donors (Lipinski definition) is 2. The van der Waals surface area contributed by atoms with Crippen LogP contribution in [0.1, 0.15) is 10.4 Å². The van der Waals surface area contributed by atoms with E-state index < -0.39 is 0 Å². The Balaban J connectivity index is 1.84. The Hall–Kier alpha value is -2.33. The van der Waals surface area contributed by atoms with Crippen LogP contribution in [0.15, 0.2) is 54.6 Å². The maximum absolute atomic E-state index is 12.4. The number of nitrogens with one attached hydrogen (secondary N) is 1. The van der Waals surface area contributed by atoms with Gasteiger partial charge in [-0.15, -0.1) is 0 Å². The molecule has 1 aliphatic heterocycles. The van der Waals surface area contributed by atoms with Gasteiger partial charge >= 0.3 is 0 Å². The molecule has 0 amide bonds. The van der Waals surface area contributed by atoms with E-state index in [1.54, 1.807) is 0 Å². The van der Waals surface area contributed by atoms with Gasteiger partial charge in [0.15, 0.2) is 5.78 Å². The van der Waals surface area contributed by atoms with Gasteiger partial charge in [0.2, 0.25) is 0 Å². The number of ketones is 1. The van der Waals surface area contributed by atoms with Crippen molar-refractivity contribution in [3.05, 3.63) is 60.2 Å². The number of anilines is 2. The van der Waals surface area contributed by atoms with E-state index in [4.69, 9.17) is 5.73 Å². The van der Waals surface area contributed by atoms with E-state index in [1.807, 2.05) is 59.5 Å². The monoisotopic (exact) mass is 267 g/mol. The number of Topliss-reactive ketones (excluding diaryl/α,β-unsaturated/α-hetero) is 1. The Morgan fingerprint density at radius 3 is 2.55 bits per heavy atom. The maximum atomic E-state index is 12.4. The van der Waals surface area contributed by atoms with Crippen molar-refractivity contribution in [1.82, 2.24) is 0 Å². The van der Waals surface area contributed by atoms with Crippen LogP contribution in [0.5, 0.6) is 0 Å². The molecule has 4 heteroatoms. The van der Waals surface area contributed by atoms with Crippen LogP contribution >= 0.6 is 0 Å². The number of para-hydroxylation sites is 2. The highest BCUT2D eigenvalue weighted by molar-refractivity contribution is 6.00. The lowest BCUT2D eigenvalue weighted by atomic mass is 10.1. The van der Waals surface area contributed by atoms with E-state index in [0.29, 0.717) is 13.1 Å². The topological polar surface area (TPSA) is 58.4 Å². The summed E-state index contributed by atoms with van der Waals surface area (Å²) in [4.78, 5) is 14.4. The Labute approximate surface area is 118 Å². The standard InChI is InChI=1S/C16H17N3O/c17-10-16-18-13-8-4-5-9-14(13)19(16)11-15(20)12-6-2-1-3-7-12/h1-9,16,18H,10-11,17H2. The molecule has 102 valence electrons. The highest BCUT2D eigenvalue weighted by Gasteiger charge is 2.28. The fraction of sp³-hybridized carbons (Fsp3) is 0.188. The van der Waals surface area contributed by atoms with Crippen molar-refractivity contribution in [3.63, 3.8) is 0 Å². The van der Waals surface area contributed by atoms with Crippen LogP contribution < -0.4 is 16.0 Å². The van der Waals surface area contributed by atoms with Crippen LogP contribution in [-0.4, -0.2) is 25.0 Å². The summed E-state index contributed by atoms with van der Waals surface area (Å²) >= 11 is 0. The van der Waals surface area contributed by atoms with Gasteiger partial charge in [0.1, 0.15) is 6.17 Å². The summed E-state index contributed by atoms with van der Waals surface area (Å²) in [5.74, 6) is 0.0996. The fourth-order valence-corrected chi connectivity index (χ4v) is 2.52. The Kier molecular flexibility index (Phi) is 3.39. The fourth-order valence-electron chi connectivity index (χ4n) is 2.52. The lowest BCUT2D eigenvalue weighted by Gasteiger charge is -2.25. The molecule has 1 aliphatic rings. The van der Waals surface area contributed by atoms with Crippen molar-refractivity contribution in [2.24, 2.45) is 5.73 Å². The molecule has 0 spiro atoms. The van der Waals surface area contributed by atoms with E-state index >= 15 is 0 Å². The van der Waals surface area contributed by atoms with Gasteiger partial charge in [-0.3, -0.25) is 4.79 Å². The van der Waals surface area contributed by atoms with Gasteiger partial charge in [0.05, 0.1) is 17.9 Å². The number of nitrogens with two attached hydrogens (primary N) is 1. The molecule has 0 bridgehead atoms. The second-order valence-corrected chi connectivity index (χ2v) is 4.83. The Morgan fingerprint density at radius 2 is 1.80 bits per heavy atom. The first-order valence-electron chi connectivity index (χ1n) is 6.70. The van der Waals surface area contributed by atoms with E-state index in [0.717, 1.165) is 16.9 Å². The third kappa shape index (κ3) is 2.26. The second kappa shape index (κ2) is 5.35. The van der Waals surface area contributed by atoms with Crippen LogP contribution in [0.4, 0.5) is 11.4 Å². The molecule has 0 saturated heterocycles. The zero-order valence-electron chi connectivity index (χ0n) is 11.1. The van der Waals surface area contributed by atoms with Gasteiger partial charge in [0, 0.05) is 12.1 Å². The lowest BCUT2D eigenvalue weighted by molar-refractivity contribution is 0.0998. The molecule has 4 nitrogen and oxygen atoms in total. The first-order valence-corrected chi connectivity index (χ1v) is 6.70. The zero-order chi connectivity index (χ0) is 13.9. The normalized spacial score (nSPS) is 16.6. The van der Waals surface area contributed by atoms with Gasteiger partial charge in [-0.1, -0.05) is 42.5 Å². The first kappa shape index (κ1) is 12.7. The van der Waals surface area contributed by atoms with E-state index in [2.05, 4.69) is 5.32 Å². The van der Waals surface area contributed by atoms with Crippen molar-refractivity contribution in [1.29, 1.82) is 0 Å². The molecular formula is C16H17N3O. The lowest BCUT2D eigenvalue weighted by Crippen LogP contribution is -2.44. The number of hydrogen-bond acceptors (Lipinski definition) is 4. The Bertz CT molecular complexity index is 612. The van der Waals surface area contributed by atoms with Crippen molar-refractivity contribution < 1.29 is 4.79 Å². The van der Waals surface area contributed by atoms with E-state index in [1.165, 1.54) is 0 Å². The van der Waals surface area contributed by atoms with Crippen LogP contribution in [-0.2, 0) is 0 Å². The first-order chi connectivity index (χ1) is 9.79. The summed E-state index contributed by atoms with van der Waals surface area (Å²) < 4.78 is 0. The maximum Gasteiger partial charge on any atom is 0.182 e. The van der Waals surface area contributed by atoms with Crippen LogP contribution in [0, 0.1) is 0 Å². The van der Waals surface area contributed by atoms with Gasteiger partial charge in [-0.2, -0.15) is 0 Å². The van der Waals surface area contributed by atoms with Crippen LogP contribution in [0.3, 0.4) is 0 Å². The quantitative estimate of drug-likeness (QED) is 0.833. The average molecular weight is 267 g/mol. The molecule has 1 heterocycles. The summed E-state index contributed by atoms with van der Waals surface area (Å²) in [6.45, 7) is 0.784. The molecule has 1 atom stereocenters. The van der Waals surface area contributed by atoms with Gasteiger partial charge in [0.25, 0.3) is 0 Å². The minimum atomic E-state index is -0.0277. The Morgan fingerprint density at radius 1 is 1.10 bits per heavy atom. The molecule has 2 aromatic rings. The number of nitrogens with zero attached hydrogens (tertiary/aromatic N) is 1. The number of rotatable bonds is 4. The molecule has 3 N–H and O–H groups in total. The third-order valence-corrected chi connectivity index (χ3v) is 3.54. The molecule has 0 radical (unpaired) electrons. The van der Waals surface area contributed by atoms with E-state index in [9.17, 15) is 4.79 Å². The third-order valence-electron chi connectivity index (χ3n) is 3.54. The van der Waals surface area contributed by atoms with Gasteiger partial charge < -0.3 is 16.0 Å². The molecule has 0 aromatic heterocycles. The summed E-state index contributed by atoms with van der Waals surface area (Å²) in [7, 11) is 0. The number of fused-ring (bicyclic) bond motifs is 1. The van der Waals surface area contributed by atoms with Crippen molar-refractivity contribution >= 4 is 17.2 Å². The number of carbonyl (C=O) groups excluding carboxylic acids is 1. The average Bonchev–Trinajstić information content (AvgIpc) is 2.86. The van der Waals surface area contributed by atoms with Crippen LogP contribution in [0.2, 0.25) is 0 Å². The number of benzene rings is 2. The molecule has 1 unspecified atom stereocenters. The summed E-state index contributed by atoms with van der Waals surface area (Å²) in [6, 6.07) is 17.3. The summed E-state index contributed by atoms with van der Waals surface area (Å²) in [6.07, 6.45) is -0.0277. The van der Waals surface area contributed by atoms with Crippen molar-refractivity contribution in [2.45, 2.75) is 6.17 Å². The highest BCUT2D eigenvalue weighted by Crippen LogP contribution is 2.33. The summed E-state index contributed by atoms with van der Waals surface area (Å²) in [5, 5.41) is 3.34. The molecule has 20 heavy (non-hydrogen) atoms. The SMILES string of the molecule is NCC1Nc2ccccc2N1CC(=O)c1ccccc1. The minimum Gasteiger partial charge on any atom is -0.362 e. The predicted molar refractivity (Wildman–Crippen MR) is 81.0 cm³/mol. The van der Waals surface area contributed by atoms with E-state index in [-0.39, 0.29) is 11.9 Å². The molecule has 0 saturated carbocycles. The molecule has 3 rings (SSSR count). The second-order valence-electron chi connectivity index (χ2n) is 4.83. The van der Waals surface area contributed by atoms with Gasteiger partial charge in [-0.25, -0.2) is 0 Å².